The Morgan fingerprint density at radius 3 is 2.77 bits per heavy atom. The number of carbonyl (C=O) groups excluding carboxylic acids is 1. The summed E-state index contributed by atoms with van der Waals surface area (Å²) in [4.78, 5) is 15.1. The van der Waals surface area contributed by atoms with Crippen molar-refractivity contribution in [2.24, 2.45) is 13.0 Å². The van der Waals surface area contributed by atoms with Crippen LogP contribution in [-0.2, 0) is 7.05 Å². The topological polar surface area (TPSA) is 50.2 Å². The van der Waals surface area contributed by atoms with Crippen molar-refractivity contribution in [1.29, 1.82) is 0 Å². The second-order valence-corrected chi connectivity index (χ2v) is 7.42. The van der Waals surface area contributed by atoms with Gasteiger partial charge in [-0.2, -0.15) is 5.10 Å². The molecule has 1 saturated heterocycles. The first-order valence-electron chi connectivity index (χ1n) is 9.21. The molecule has 7 heteroatoms. The molecule has 1 aromatic carbocycles. The van der Waals surface area contributed by atoms with E-state index in [0.29, 0.717) is 16.6 Å². The molecule has 0 radical (unpaired) electrons. The van der Waals surface area contributed by atoms with Crippen LogP contribution in [0.5, 0.6) is 0 Å². The summed E-state index contributed by atoms with van der Waals surface area (Å²) in [5, 5.41) is 8.88. The zero-order chi connectivity index (χ0) is 17.8. The number of likely N-dealkylation sites (tertiary alicyclic amines) is 1. The third kappa shape index (κ3) is 4.90. The number of hydrogen-bond acceptors (Lipinski definition) is 3. The van der Waals surface area contributed by atoms with E-state index < -0.39 is 0 Å². The van der Waals surface area contributed by atoms with Gasteiger partial charge in [-0.25, -0.2) is 0 Å². The van der Waals surface area contributed by atoms with Crippen molar-refractivity contribution in [2.75, 3.05) is 26.2 Å². The number of nitrogens with zero attached hydrogens (tertiary/aromatic N) is 3. The monoisotopic (exact) mass is 398 g/mol. The van der Waals surface area contributed by atoms with Gasteiger partial charge in [-0.05, 0) is 63.0 Å². The van der Waals surface area contributed by atoms with E-state index in [1.165, 1.54) is 19.4 Å². The fourth-order valence-electron chi connectivity index (χ4n) is 3.52. The van der Waals surface area contributed by atoms with Crippen LogP contribution in [0.3, 0.4) is 0 Å². The lowest BCUT2D eigenvalue weighted by molar-refractivity contribution is 0.0932. The average molecular weight is 399 g/mol. The van der Waals surface area contributed by atoms with Crippen LogP contribution in [0.15, 0.2) is 18.2 Å². The molecule has 1 N–H and O–H groups in total. The molecular weight excluding hydrogens is 371 g/mol. The van der Waals surface area contributed by atoms with Crippen LogP contribution in [0.2, 0.25) is 5.02 Å². The van der Waals surface area contributed by atoms with Crippen LogP contribution in [0.1, 0.15) is 43.1 Å². The van der Waals surface area contributed by atoms with Gasteiger partial charge in [0.25, 0.3) is 5.91 Å². The number of amides is 1. The van der Waals surface area contributed by atoms with Crippen LogP contribution < -0.4 is 5.32 Å². The Balaban J connectivity index is 0.00000243. The number of halogens is 2. The number of fused-ring (bicyclic) bond motifs is 1. The Labute approximate surface area is 166 Å². The fraction of sp³-hybridized carbons (Fsp3) is 0.579. The highest BCUT2D eigenvalue weighted by molar-refractivity contribution is 6.31. The maximum absolute atomic E-state index is 12.6. The van der Waals surface area contributed by atoms with Gasteiger partial charge in [0.1, 0.15) is 0 Å². The third-order valence-electron chi connectivity index (χ3n) is 5.11. The molecule has 1 fully saturated rings. The van der Waals surface area contributed by atoms with Crippen molar-refractivity contribution in [3.8, 4) is 0 Å². The molecule has 1 aliphatic heterocycles. The first kappa shape index (κ1) is 21.0. The highest BCUT2D eigenvalue weighted by Gasteiger charge is 2.21. The largest absolute Gasteiger partial charge is 0.350 e. The van der Waals surface area contributed by atoms with Gasteiger partial charge in [0.05, 0.1) is 5.52 Å². The molecule has 144 valence electrons. The highest BCUT2D eigenvalue weighted by atomic mass is 35.5. The lowest BCUT2D eigenvalue weighted by atomic mass is 9.96. The van der Waals surface area contributed by atoms with E-state index in [-0.39, 0.29) is 18.3 Å². The van der Waals surface area contributed by atoms with Crippen molar-refractivity contribution < 1.29 is 4.79 Å². The number of aryl methyl sites for hydroxylation is 1. The maximum atomic E-state index is 12.6. The van der Waals surface area contributed by atoms with E-state index in [2.05, 4.69) is 22.2 Å². The summed E-state index contributed by atoms with van der Waals surface area (Å²) >= 11 is 6.08. The molecule has 0 atom stereocenters. The van der Waals surface area contributed by atoms with Gasteiger partial charge in [-0.15, -0.1) is 12.4 Å². The van der Waals surface area contributed by atoms with Gasteiger partial charge in [0, 0.05) is 24.0 Å². The van der Waals surface area contributed by atoms with E-state index in [1.54, 1.807) is 4.68 Å². The van der Waals surface area contributed by atoms with Crippen LogP contribution in [0.25, 0.3) is 10.9 Å². The van der Waals surface area contributed by atoms with Gasteiger partial charge in [0.2, 0.25) is 0 Å². The molecule has 5 nitrogen and oxygen atoms in total. The molecule has 0 unspecified atom stereocenters. The predicted octanol–water partition coefficient (Wildman–Crippen LogP) is 3.89. The van der Waals surface area contributed by atoms with Gasteiger partial charge in [0.15, 0.2) is 5.69 Å². The number of aromatic nitrogens is 2. The zero-order valence-corrected chi connectivity index (χ0v) is 17.1. The number of nitrogens with one attached hydrogen (secondary N) is 1. The minimum Gasteiger partial charge on any atom is -0.350 e. The summed E-state index contributed by atoms with van der Waals surface area (Å²) in [7, 11) is 1.85. The molecule has 2 heterocycles. The number of rotatable bonds is 6. The summed E-state index contributed by atoms with van der Waals surface area (Å²) in [6.45, 7) is 6.44. The first-order chi connectivity index (χ1) is 12.1. The quantitative estimate of drug-likeness (QED) is 0.802. The Kier molecular flexibility index (Phi) is 7.74. The first-order valence-corrected chi connectivity index (χ1v) is 9.59. The second-order valence-electron chi connectivity index (χ2n) is 6.98. The maximum Gasteiger partial charge on any atom is 0.272 e. The Morgan fingerprint density at radius 1 is 1.35 bits per heavy atom. The molecule has 1 amide bonds. The number of piperidine rings is 1. The number of unbranched alkanes of at least 4 members (excludes halogenated alkanes) is 1. The smallest absolute Gasteiger partial charge is 0.272 e. The van der Waals surface area contributed by atoms with E-state index in [1.807, 2.05) is 25.2 Å². The standard InChI is InChI=1S/C19H27ClN4O.ClH/c1-3-4-9-24-10-7-14(8-11-24)13-21-19(25)18-16-12-15(20)5-6-17(16)23(2)22-18;/h5-6,12,14H,3-4,7-11,13H2,1-2H3,(H,21,25);1H. The lowest BCUT2D eigenvalue weighted by Gasteiger charge is -2.31. The molecule has 1 aromatic heterocycles. The van der Waals surface area contributed by atoms with Crippen LogP contribution in [0.4, 0.5) is 0 Å². The Hall–Kier alpha value is -1.30. The molecule has 0 aliphatic carbocycles. The van der Waals surface area contributed by atoms with Crippen molar-refractivity contribution >= 4 is 40.8 Å². The second kappa shape index (κ2) is 9.58. The summed E-state index contributed by atoms with van der Waals surface area (Å²) in [6, 6.07) is 5.53. The normalized spacial score (nSPS) is 15.8. The molecule has 3 rings (SSSR count). The molecule has 0 bridgehead atoms. The van der Waals surface area contributed by atoms with Crippen molar-refractivity contribution in [3.05, 3.63) is 28.9 Å². The predicted molar refractivity (Wildman–Crippen MR) is 109 cm³/mol. The van der Waals surface area contributed by atoms with E-state index in [9.17, 15) is 4.79 Å². The minimum absolute atomic E-state index is 0. The van der Waals surface area contributed by atoms with Crippen LogP contribution >= 0.6 is 24.0 Å². The zero-order valence-electron chi connectivity index (χ0n) is 15.5. The van der Waals surface area contributed by atoms with E-state index in [4.69, 9.17) is 11.6 Å². The lowest BCUT2D eigenvalue weighted by Crippen LogP contribution is -2.39. The Bertz CT molecular complexity index is 738. The van der Waals surface area contributed by atoms with Gasteiger partial charge >= 0.3 is 0 Å². The Morgan fingerprint density at radius 2 is 2.08 bits per heavy atom. The van der Waals surface area contributed by atoms with Crippen LogP contribution in [0, 0.1) is 5.92 Å². The van der Waals surface area contributed by atoms with E-state index in [0.717, 1.165) is 43.4 Å². The summed E-state index contributed by atoms with van der Waals surface area (Å²) in [6.07, 6.45) is 4.83. The minimum atomic E-state index is -0.110. The number of benzene rings is 1. The highest BCUT2D eigenvalue weighted by Crippen LogP contribution is 2.22. The average Bonchev–Trinajstić information content (AvgIpc) is 2.95. The summed E-state index contributed by atoms with van der Waals surface area (Å²) < 4.78 is 1.73. The van der Waals surface area contributed by atoms with Gasteiger partial charge in [-0.1, -0.05) is 24.9 Å². The van der Waals surface area contributed by atoms with Crippen molar-refractivity contribution in [2.45, 2.75) is 32.6 Å². The van der Waals surface area contributed by atoms with Crippen molar-refractivity contribution in [3.63, 3.8) is 0 Å². The SMILES string of the molecule is CCCCN1CCC(CNC(=O)c2nn(C)c3ccc(Cl)cc23)CC1.Cl. The summed E-state index contributed by atoms with van der Waals surface area (Å²) in [5.41, 5.74) is 1.37. The molecule has 1 aliphatic rings. The molecule has 26 heavy (non-hydrogen) atoms. The van der Waals surface area contributed by atoms with Crippen LogP contribution in [-0.4, -0.2) is 46.8 Å². The molecule has 0 saturated carbocycles. The van der Waals surface area contributed by atoms with E-state index >= 15 is 0 Å². The number of hydrogen-bond donors (Lipinski definition) is 1. The number of carbonyl (C=O) groups is 1. The molecule has 0 spiro atoms. The van der Waals surface area contributed by atoms with Crippen molar-refractivity contribution in [1.82, 2.24) is 20.0 Å². The molecular formula is C19H28Cl2N4O. The van der Waals surface area contributed by atoms with Gasteiger partial charge < -0.3 is 10.2 Å². The fourth-order valence-corrected chi connectivity index (χ4v) is 3.69. The third-order valence-corrected chi connectivity index (χ3v) is 5.35. The van der Waals surface area contributed by atoms with Gasteiger partial charge in [-0.3, -0.25) is 9.48 Å². The summed E-state index contributed by atoms with van der Waals surface area (Å²) in [5.74, 6) is 0.446. The molecule has 2 aromatic rings.